The average molecular weight is 303 g/mol. The van der Waals surface area contributed by atoms with Gasteiger partial charge in [-0.3, -0.25) is 0 Å². The Balaban J connectivity index is 0.00000324. The van der Waals surface area contributed by atoms with Gasteiger partial charge >= 0.3 is 0 Å². The first-order valence-electron chi connectivity index (χ1n) is 4.21. The van der Waals surface area contributed by atoms with Crippen molar-refractivity contribution >= 4 is 17.6 Å². The van der Waals surface area contributed by atoms with Gasteiger partial charge in [-0.05, 0) is 0 Å². The lowest BCUT2D eigenvalue weighted by atomic mass is 10.2. The molecule has 1 aromatic carbocycles. The van der Waals surface area contributed by atoms with Crippen molar-refractivity contribution < 1.29 is 34.4 Å². The number of benzene rings is 1. The SMILES string of the molecule is NC(N)=NC(N)=Nc1c(F)c(F)c(F)c(F)c1F.[Cl-]. The minimum Gasteiger partial charge on any atom is -1.00 e. The van der Waals surface area contributed by atoms with Crippen molar-refractivity contribution in [2.75, 3.05) is 0 Å². The summed E-state index contributed by atoms with van der Waals surface area (Å²) in [5.41, 5.74) is 13.3. The van der Waals surface area contributed by atoms with Crippen LogP contribution in [0.5, 0.6) is 0 Å². The van der Waals surface area contributed by atoms with Crippen LogP contribution < -0.4 is 29.6 Å². The van der Waals surface area contributed by atoms with Crippen LogP contribution in [0.4, 0.5) is 27.6 Å². The molecule has 0 radical (unpaired) electrons. The second-order valence-corrected chi connectivity index (χ2v) is 2.93. The Morgan fingerprint density at radius 3 is 1.47 bits per heavy atom. The van der Waals surface area contributed by atoms with Gasteiger partial charge in [-0.1, -0.05) is 0 Å². The van der Waals surface area contributed by atoms with Gasteiger partial charge in [0.1, 0.15) is 5.69 Å². The molecule has 0 bridgehead atoms. The van der Waals surface area contributed by atoms with Gasteiger partial charge in [-0.2, -0.15) is 4.99 Å². The molecule has 0 atom stereocenters. The average Bonchev–Trinajstić information content (AvgIpc) is 2.29. The highest BCUT2D eigenvalue weighted by molar-refractivity contribution is 5.93. The van der Waals surface area contributed by atoms with E-state index in [0.29, 0.717) is 0 Å². The Morgan fingerprint density at radius 1 is 0.737 bits per heavy atom. The maximum atomic E-state index is 13.1. The molecule has 11 heteroatoms. The molecule has 0 fully saturated rings. The molecule has 1 rings (SSSR count). The molecule has 0 aliphatic heterocycles. The predicted molar refractivity (Wildman–Crippen MR) is 53.3 cm³/mol. The van der Waals surface area contributed by atoms with Crippen molar-refractivity contribution in [1.82, 2.24) is 0 Å². The third-order valence-corrected chi connectivity index (χ3v) is 1.66. The maximum absolute atomic E-state index is 13.1. The second-order valence-electron chi connectivity index (χ2n) is 2.93. The van der Waals surface area contributed by atoms with Crippen molar-refractivity contribution in [3.63, 3.8) is 0 Å². The summed E-state index contributed by atoms with van der Waals surface area (Å²) in [5, 5.41) is 0. The minimum atomic E-state index is -2.30. The summed E-state index contributed by atoms with van der Waals surface area (Å²) < 4.78 is 64.4. The Bertz CT molecular complexity index is 526. The number of hydrogen-bond acceptors (Lipinski definition) is 1. The smallest absolute Gasteiger partial charge is 0.223 e. The Hall–Kier alpha value is -2.10. The van der Waals surface area contributed by atoms with E-state index < -0.39 is 46.7 Å². The van der Waals surface area contributed by atoms with Crippen LogP contribution in [-0.2, 0) is 0 Å². The largest absolute Gasteiger partial charge is 1.00 e. The summed E-state index contributed by atoms with van der Waals surface area (Å²) in [6.07, 6.45) is 0. The summed E-state index contributed by atoms with van der Waals surface area (Å²) >= 11 is 0. The van der Waals surface area contributed by atoms with E-state index in [1.165, 1.54) is 0 Å². The second kappa shape index (κ2) is 6.18. The van der Waals surface area contributed by atoms with Crippen LogP contribution >= 0.6 is 0 Å². The number of halogens is 6. The number of hydrogen-bond donors (Lipinski definition) is 3. The van der Waals surface area contributed by atoms with E-state index in [4.69, 9.17) is 17.2 Å². The molecule has 5 nitrogen and oxygen atoms in total. The molecule has 0 spiro atoms. The summed E-state index contributed by atoms with van der Waals surface area (Å²) in [6.45, 7) is 0. The van der Waals surface area contributed by atoms with Crippen molar-refractivity contribution in [1.29, 1.82) is 0 Å². The van der Waals surface area contributed by atoms with Crippen LogP contribution in [0.25, 0.3) is 0 Å². The molecule has 6 N–H and O–H groups in total. The van der Waals surface area contributed by atoms with E-state index in [2.05, 4.69) is 9.98 Å². The zero-order valence-corrected chi connectivity index (χ0v) is 9.65. The van der Waals surface area contributed by atoms with Gasteiger partial charge in [0.25, 0.3) is 0 Å². The van der Waals surface area contributed by atoms with Gasteiger partial charge < -0.3 is 29.6 Å². The van der Waals surface area contributed by atoms with Crippen LogP contribution in [0, 0.1) is 29.1 Å². The first-order chi connectivity index (χ1) is 8.25. The molecule has 0 unspecified atom stereocenters. The molecule has 106 valence electrons. The predicted octanol–water partition coefficient (Wildman–Crippen LogP) is -2.39. The highest BCUT2D eigenvalue weighted by atomic mass is 35.5. The van der Waals surface area contributed by atoms with Crippen LogP contribution in [0.1, 0.15) is 0 Å². The van der Waals surface area contributed by atoms with Crippen molar-refractivity contribution in [2.24, 2.45) is 27.2 Å². The molecule has 0 aromatic heterocycles. The Morgan fingerprint density at radius 2 is 1.11 bits per heavy atom. The minimum absolute atomic E-state index is 0. The van der Waals surface area contributed by atoms with E-state index in [9.17, 15) is 22.0 Å². The lowest BCUT2D eigenvalue weighted by Crippen LogP contribution is -3.00. The fourth-order valence-electron chi connectivity index (χ4n) is 0.963. The number of rotatable bonds is 1. The van der Waals surface area contributed by atoms with Gasteiger partial charge in [0.05, 0.1) is 0 Å². The molecule has 1 aromatic rings. The van der Waals surface area contributed by atoms with E-state index in [-0.39, 0.29) is 12.4 Å². The van der Waals surface area contributed by atoms with Crippen LogP contribution in [0.3, 0.4) is 0 Å². The highest BCUT2D eigenvalue weighted by Gasteiger charge is 2.25. The zero-order valence-electron chi connectivity index (χ0n) is 8.89. The number of nitrogens with zero attached hydrogens (tertiary/aromatic N) is 2. The molecule has 0 saturated heterocycles. The first kappa shape index (κ1) is 16.9. The molecular formula is C8H6ClF5N5-. The van der Waals surface area contributed by atoms with Crippen LogP contribution in [0.15, 0.2) is 9.98 Å². The Kier molecular flexibility index (Phi) is 5.50. The lowest BCUT2D eigenvalue weighted by Gasteiger charge is -2.04. The lowest BCUT2D eigenvalue weighted by molar-refractivity contribution is -0.00000674. The molecule has 0 heterocycles. The van der Waals surface area contributed by atoms with Gasteiger partial charge in [-0.25, -0.2) is 26.9 Å². The number of nitrogens with two attached hydrogens (primary N) is 3. The van der Waals surface area contributed by atoms with E-state index in [0.717, 1.165) is 0 Å². The topological polar surface area (TPSA) is 103 Å². The standard InChI is InChI=1S/C8H6F5N5.ClH/c9-1-2(10)4(12)6(5(13)3(1)11)17-8(16)18-7(14)15;/h(H6,14,15,16,17,18);1H/p-1. The zero-order chi connectivity index (χ0) is 14.0. The van der Waals surface area contributed by atoms with Crippen molar-refractivity contribution in [3.05, 3.63) is 29.1 Å². The van der Waals surface area contributed by atoms with E-state index >= 15 is 0 Å². The monoisotopic (exact) mass is 302 g/mol. The summed E-state index contributed by atoms with van der Waals surface area (Å²) in [5.74, 6) is -12.3. The number of aliphatic imine (C=N–C) groups is 2. The van der Waals surface area contributed by atoms with Crippen LogP contribution in [-0.4, -0.2) is 11.9 Å². The summed E-state index contributed by atoms with van der Waals surface area (Å²) in [7, 11) is 0. The fraction of sp³-hybridized carbons (Fsp3) is 0. The number of guanidine groups is 2. The van der Waals surface area contributed by atoms with Gasteiger partial charge in [0, 0.05) is 0 Å². The highest BCUT2D eigenvalue weighted by Crippen LogP contribution is 2.29. The molecule has 0 aliphatic carbocycles. The summed E-state index contributed by atoms with van der Waals surface area (Å²) in [4.78, 5) is 5.98. The maximum Gasteiger partial charge on any atom is 0.223 e. The normalized spacial score (nSPS) is 10.9. The van der Waals surface area contributed by atoms with Gasteiger partial charge in [0.2, 0.25) is 11.8 Å². The van der Waals surface area contributed by atoms with Crippen molar-refractivity contribution in [2.45, 2.75) is 0 Å². The van der Waals surface area contributed by atoms with Crippen LogP contribution in [0.2, 0.25) is 0 Å². The third-order valence-electron chi connectivity index (χ3n) is 1.66. The summed E-state index contributed by atoms with van der Waals surface area (Å²) in [6, 6.07) is 0. The molecule has 0 amide bonds. The molecular weight excluding hydrogens is 297 g/mol. The van der Waals surface area contributed by atoms with Gasteiger partial charge in [-0.15, -0.1) is 0 Å². The van der Waals surface area contributed by atoms with Crippen molar-refractivity contribution in [3.8, 4) is 0 Å². The third kappa shape index (κ3) is 3.44. The van der Waals surface area contributed by atoms with Gasteiger partial charge in [0.15, 0.2) is 29.2 Å². The fourth-order valence-corrected chi connectivity index (χ4v) is 0.963. The Labute approximate surface area is 109 Å². The molecule has 0 aliphatic rings. The first-order valence-corrected chi connectivity index (χ1v) is 4.21. The molecule has 19 heavy (non-hydrogen) atoms. The van der Waals surface area contributed by atoms with E-state index in [1.54, 1.807) is 0 Å². The van der Waals surface area contributed by atoms with E-state index in [1.807, 2.05) is 0 Å². The quantitative estimate of drug-likeness (QED) is 0.177. The molecule has 0 saturated carbocycles.